The molecule has 0 aliphatic heterocycles. The van der Waals surface area contributed by atoms with Gasteiger partial charge in [0.2, 0.25) is 5.91 Å². The monoisotopic (exact) mass is 262 g/mol. The van der Waals surface area contributed by atoms with E-state index >= 15 is 0 Å². The summed E-state index contributed by atoms with van der Waals surface area (Å²) in [6.45, 7) is 0. The maximum absolute atomic E-state index is 12.0. The van der Waals surface area contributed by atoms with Crippen molar-refractivity contribution in [1.82, 2.24) is 10.6 Å². The summed E-state index contributed by atoms with van der Waals surface area (Å²) in [4.78, 5) is 23.7. The Morgan fingerprint density at radius 3 is 2.42 bits per heavy atom. The number of imide groups is 1. The summed E-state index contributed by atoms with van der Waals surface area (Å²) in [6.07, 6.45) is 14.2. The molecule has 4 heteroatoms. The average Bonchev–Trinajstić information content (AvgIpc) is 2.68. The third-order valence-corrected chi connectivity index (χ3v) is 3.72. The van der Waals surface area contributed by atoms with Gasteiger partial charge in [-0.3, -0.25) is 10.1 Å². The predicted octanol–water partition coefficient (Wildman–Crippen LogP) is 3.02. The van der Waals surface area contributed by atoms with Gasteiger partial charge >= 0.3 is 6.03 Å². The first-order valence-corrected chi connectivity index (χ1v) is 7.24. The minimum absolute atomic E-state index is 0.00382. The van der Waals surface area contributed by atoms with E-state index in [0.29, 0.717) is 0 Å². The van der Waals surface area contributed by atoms with E-state index in [1.807, 2.05) is 18.2 Å². The Bertz CT molecular complexity index is 391. The van der Waals surface area contributed by atoms with Gasteiger partial charge in [0.1, 0.15) is 0 Å². The first-order valence-electron chi connectivity index (χ1n) is 7.24. The van der Waals surface area contributed by atoms with E-state index in [-0.39, 0.29) is 11.8 Å². The highest BCUT2D eigenvalue weighted by Crippen LogP contribution is 2.22. The Morgan fingerprint density at radius 1 is 1.05 bits per heavy atom. The lowest BCUT2D eigenvalue weighted by atomic mass is 10.00. The molecule has 2 aliphatic carbocycles. The van der Waals surface area contributed by atoms with Crippen LogP contribution in [0, 0.1) is 5.92 Å². The molecule has 3 amide bonds. The van der Waals surface area contributed by atoms with Crippen LogP contribution in [0.1, 0.15) is 51.4 Å². The Balaban J connectivity index is 1.79. The number of carbonyl (C=O) groups is 2. The third kappa shape index (κ3) is 4.54. The molecule has 2 aliphatic rings. The fourth-order valence-electron chi connectivity index (χ4n) is 2.62. The van der Waals surface area contributed by atoms with Gasteiger partial charge in [0.15, 0.2) is 0 Å². The number of allylic oxidation sites excluding steroid dienone is 3. The van der Waals surface area contributed by atoms with Gasteiger partial charge in [0.05, 0.1) is 0 Å². The van der Waals surface area contributed by atoms with Gasteiger partial charge in [0.25, 0.3) is 0 Å². The molecule has 0 aromatic heterocycles. The van der Waals surface area contributed by atoms with Gasteiger partial charge in [-0.25, -0.2) is 4.79 Å². The lowest BCUT2D eigenvalue weighted by molar-refractivity contribution is -0.124. The van der Waals surface area contributed by atoms with Gasteiger partial charge < -0.3 is 5.32 Å². The van der Waals surface area contributed by atoms with Crippen LogP contribution in [0.25, 0.3) is 0 Å². The van der Waals surface area contributed by atoms with Crippen LogP contribution in [0.3, 0.4) is 0 Å². The van der Waals surface area contributed by atoms with E-state index in [1.165, 1.54) is 12.8 Å². The molecule has 19 heavy (non-hydrogen) atoms. The largest absolute Gasteiger partial charge is 0.325 e. The molecule has 2 N–H and O–H groups in total. The molecule has 0 radical (unpaired) electrons. The van der Waals surface area contributed by atoms with Crippen LogP contribution in [0.2, 0.25) is 0 Å². The molecule has 0 unspecified atom stereocenters. The zero-order valence-electron chi connectivity index (χ0n) is 11.3. The number of hydrogen-bond acceptors (Lipinski definition) is 2. The molecular formula is C15H22N2O2. The molecule has 0 heterocycles. The molecule has 2 rings (SSSR count). The maximum atomic E-state index is 12.0. The standard InChI is InChI=1S/C15H22N2O2/c18-14(12-8-4-1-2-5-9-12)17-15(19)16-13-10-6-3-7-11-13/h6,10-12H,1-5,7-9H2,(H2,16,17,18,19). The van der Waals surface area contributed by atoms with Crippen molar-refractivity contribution in [3.05, 3.63) is 23.9 Å². The Kier molecular flexibility index (Phi) is 5.19. The maximum Gasteiger partial charge on any atom is 0.325 e. The van der Waals surface area contributed by atoms with E-state index < -0.39 is 6.03 Å². The van der Waals surface area contributed by atoms with Gasteiger partial charge in [-0.05, 0) is 31.8 Å². The minimum atomic E-state index is -0.410. The van der Waals surface area contributed by atoms with Crippen molar-refractivity contribution in [3.63, 3.8) is 0 Å². The lowest BCUT2D eigenvalue weighted by Crippen LogP contribution is -2.41. The van der Waals surface area contributed by atoms with Crippen LogP contribution < -0.4 is 10.6 Å². The van der Waals surface area contributed by atoms with E-state index in [4.69, 9.17) is 0 Å². The first kappa shape index (κ1) is 13.8. The van der Waals surface area contributed by atoms with Crippen LogP contribution >= 0.6 is 0 Å². The van der Waals surface area contributed by atoms with Crippen molar-refractivity contribution < 1.29 is 9.59 Å². The number of rotatable bonds is 2. The molecule has 1 saturated carbocycles. The quantitative estimate of drug-likeness (QED) is 0.751. The zero-order valence-corrected chi connectivity index (χ0v) is 11.3. The molecule has 0 bridgehead atoms. The lowest BCUT2D eigenvalue weighted by Gasteiger charge is -2.14. The Hall–Kier alpha value is -1.58. The molecule has 0 aromatic rings. The minimum Gasteiger partial charge on any atom is -0.308 e. The van der Waals surface area contributed by atoms with E-state index in [9.17, 15) is 9.59 Å². The topological polar surface area (TPSA) is 58.2 Å². The van der Waals surface area contributed by atoms with Crippen LogP contribution in [0.15, 0.2) is 23.9 Å². The van der Waals surface area contributed by atoms with Crippen molar-refractivity contribution in [1.29, 1.82) is 0 Å². The van der Waals surface area contributed by atoms with E-state index in [1.54, 1.807) is 0 Å². The van der Waals surface area contributed by atoms with Gasteiger partial charge in [0, 0.05) is 11.6 Å². The van der Waals surface area contributed by atoms with Crippen LogP contribution in [0.5, 0.6) is 0 Å². The van der Waals surface area contributed by atoms with Crippen molar-refractivity contribution in [2.24, 2.45) is 5.92 Å². The third-order valence-electron chi connectivity index (χ3n) is 3.72. The first-order chi connectivity index (χ1) is 9.25. The van der Waals surface area contributed by atoms with Crippen molar-refractivity contribution >= 4 is 11.9 Å². The number of carbonyl (C=O) groups excluding carboxylic acids is 2. The summed E-state index contributed by atoms with van der Waals surface area (Å²) in [5.41, 5.74) is 0.775. The molecule has 104 valence electrons. The van der Waals surface area contributed by atoms with Gasteiger partial charge in [-0.2, -0.15) is 0 Å². The normalized spacial score (nSPS) is 20.3. The predicted molar refractivity (Wildman–Crippen MR) is 74.3 cm³/mol. The summed E-state index contributed by atoms with van der Waals surface area (Å²) >= 11 is 0. The van der Waals surface area contributed by atoms with Gasteiger partial charge in [-0.15, -0.1) is 0 Å². The SMILES string of the molecule is O=C(NC(=O)C1CCCCCC1)NC1=CCCC=C1. The van der Waals surface area contributed by atoms with Crippen molar-refractivity contribution in [3.8, 4) is 0 Å². The fourth-order valence-corrected chi connectivity index (χ4v) is 2.62. The molecule has 4 nitrogen and oxygen atoms in total. The number of amides is 3. The second-order valence-corrected chi connectivity index (χ2v) is 5.27. The zero-order chi connectivity index (χ0) is 13.5. The van der Waals surface area contributed by atoms with Crippen LogP contribution in [-0.2, 0) is 4.79 Å². The second kappa shape index (κ2) is 7.12. The summed E-state index contributed by atoms with van der Waals surface area (Å²) in [5, 5.41) is 5.17. The summed E-state index contributed by atoms with van der Waals surface area (Å²) < 4.78 is 0. The number of urea groups is 1. The Labute approximate surface area is 114 Å². The molecule has 0 spiro atoms. The van der Waals surface area contributed by atoms with E-state index in [0.717, 1.165) is 44.2 Å². The van der Waals surface area contributed by atoms with Gasteiger partial charge in [-0.1, -0.05) is 37.8 Å². The van der Waals surface area contributed by atoms with E-state index in [2.05, 4.69) is 10.6 Å². The highest BCUT2D eigenvalue weighted by Gasteiger charge is 2.21. The Morgan fingerprint density at radius 2 is 1.79 bits per heavy atom. The molecular weight excluding hydrogens is 240 g/mol. The molecule has 0 aromatic carbocycles. The fraction of sp³-hybridized carbons (Fsp3) is 0.600. The number of hydrogen-bond donors (Lipinski definition) is 2. The number of nitrogens with one attached hydrogen (secondary N) is 2. The highest BCUT2D eigenvalue weighted by atomic mass is 16.2. The molecule has 0 atom stereocenters. The van der Waals surface area contributed by atoms with Crippen LogP contribution in [-0.4, -0.2) is 11.9 Å². The van der Waals surface area contributed by atoms with Crippen molar-refractivity contribution in [2.75, 3.05) is 0 Å². The summed E-state index contributed by atoms with van der Waals surface area (Å²) in [6, 6.07) is -0.410. The second-order valence-electron chi connectivity index (χ2n) is 5.27. The summed E-state index contributed by atoms with van der Waals surface area (Å²) in [5.74, 6) is -0.121. The highest BCUT2D eigenvalue weighted by molar-refractivity contribution is 5.96. The smallest absolute Gasteiger partial charge is 0.308 e. The molecule has 1 fully saturated rings. The van der Waals surface area contributed by atoms with Crippen molar-refractivity contribution in [2.45, 2.75) is 51.4 Å². The molecule has 0 saturated heterocycles. The van der Waals surface area contributed by atoms with Crippen LogP contribution in [0.4, 0.5) is 4.79 Å². The summed E-state index contributed by atoms with van der Waals surface area (Å²) in [7, 11) is 0. The average molecular weight is 262 g/mol.